The first-order valence-corrected chi connectivity index (χ1v) is 7.88. The fourth-order valence-electron chi connectivity index (χ4n) is 2.39. The van der Waals surface area contributed by atoms with Crippen molar-refractivity contribution in [3.63, 3.8) is 0 Å². The van der Waals surface area contributed by atoms with Gasteiger partial charge in [-0.2, -0.15) is 0 Å². The SMILES string of the molecule is CCN1CCN(CC(=O)Nc2ccc(Br)c(C)c2)CC1. The van der Waals surface area contributed by atoms with E-state index in [1.54, 1.807) is 0 Å². The molecule has 1 saturated heterocycles. The van der Waals surface area contributed by atoms with Crippen LogP contribution in [0.5, 0.6) is 0 Å². The number of amides is 1. The molecule has 1 heterocycles. The van der Waals surface area contributed by atoms with Gasteiger partial charge in [0.2, 0.25) is 5.91 Å². The number of nitrogens with zero attached hydrogens (tertiary/aromatic N) is 2. The van der Waals surface area contributed by atoms with Gasteiger partial charge in [-0.25, -0.2) is 0 Å². The average Bonchev–Trinajstić information content (AvgIpc) is 2.44. The summed E-state index contributed by atoms with van der Waals surface area (Å²) < 4.78 is 1.06. The largest absolute Gasteiger partial charge is 0.325 e. The fourth-order valence-corrected chi connectivity index (χ4v) is 2.64. The average molecular weight is 340 g/mol. The van der Waals surface area contributed by atoms with Crippen LogP contribution < -0.4 is 5.32 Å². The molecule has 0 aliphatic carbocycles. The van der Waals surface area contributed by atoms with Crippen molar-refractivity contribution in [2.75, 3.05) is 44.6 Å². The summed E-state index contributed by atoms with van der Waals surface area (Å²) in [4.78, 5) is 16.7. The number of anilines is 1. The quantitative estimate of drug-likeness (QED) is 0.914. The van der Waals surface area contributed by atoms with Crippen LogP contribution in [0, 0.1) is 6.92 Å². The number of carbonyl (C=O) groups is 1. The standard InChI is InChI=1S/C15H22BrN3O/c1-3-18-6-8-19(9-7-18)11-15(20)17-13-4-5-14(16)12(2)10-13/h4-5,10H,3,6-9,11H2,1-2H3,(H,17,20). The first-order chi connectivity index (χ1) is 9.58. The highest BCUT2D eigenvalue weighted by Gasteiger charge is 2.17. The summed E-state index contributed by atoms with van der Waals surface area (Å²) in [5, 5.41) is 2.97. The van der Waals surface area contributed by atoms with E-state index in [0.29, 0.717) is 6.54 Å². The normalized spacial score (nSPS) is 17.1. The van der Waals surface area contributed by atoms with E-state index < -0.39 is 0 Å². The van der Waals surface area contributed by atoms with E-state index in [9.17, 15) is 4.79 Å². The molecule has 0 unspecified atom stereocenters. The Morgan fingerprint density at radius 1 is 1.25 bits per heavy atom. The van der Waals surface area contributed by atoms with E-state index in [1.165, 1.54) is 0 Å². The number of rotatable bonds is 4. The van der Waals surface area contributed by atoms with Crippen molar-refractivity contribution in [2.45, 2.75) is 13.8 Å². The van der Waals surface area contributed by atoms with Crippen LogP contribution in [0.2, 0.25) is 0 Å². The van der Waals surface area contributed by atoms with Gasteiger partial charge in [0, 0.05) is 36.3 Å². The third kappa shape index (κ3) is 4.30. The molecule has 0 radical (unpaired) electrons. The lowest BCUT2D eigenvalue weighted by Crippen LogP contribution is -2.48. The van der Waals surface area contributed by atoms with E-state index in [4.69, 9.17) is 0 Å². The van der Waals surface area contributed by atoms with Gasteiger partial charge in [-0.05, 0) is 37.2 Å². The maximum absolute atomic E-state index is 12.0. The van der Waals surface area contributed by atoms with Gasteiger partial charge in [0.25, 0.3) is 0 Å². The molecule has 20 heavy (non-hydrogen) atoms. The first kappa shape index (κ1) is 15.5. The second kappa shape index (κ2) is 7.20. The number of likely N-dealkylation sites (N-methyl/N-ethyl adjacent to an activating group) is 1. The van der Waals surface area contributed by atoms with Gasteiger partial charge in [-0.3, -0.25) is 9.69 Å². The molecule has 1 aromatic rings. The van der Waals surface area contributed by atoms with Gasteiger partial charge in [-0.15, -0.1) is 0 Å². The summed E-state index contributed by atoms with van der Waals surface area (Å²) in [6, 6.07) is 5.87. The van der Waals surface area contributed by atoms with E-state index >= 15 is 0 Å². The van der Waals surface area contributed by atoms with Crippen LogP contribution in [0.3, 0.4) is 0 Å². The molecular formula is C15H22BrN3O. The predicted octanol–water partition coefficient (Wildman–Crippen LogP) is 2.33. The smallest absolute Gasteiger partial charge is 0.238 e. The van der Waals surface area contributed by atoms with Crippen molar-refractivity contribution in [2.24, 2.45) is 0 Å². The zero-order valence-corrected chi connectivity index (χ0v) is 13.7. The zero-order chi connectivity index (χ0) is 14.5. The summed E-state index contributed by atoms with van der Waals surface area (Å²) in [6.45, 7) is 9.83. The minimum absolute atomic E-state index is 0.0664. The number of piperazine rings is 1. The lowest BCUT2D eigenvalue weighted by Gasteiger charge is -2.33. The van der Waals surface area contributed by atoms with E-state index in [0.717, 1.165) is 48.4 Å². The summed E-state index contributed by atoms with van der Waals surface area (Å²) in [6.07, 6.45) is 0. The summed E-state index contributed by atoms with van der Waals surface area (Å²) in [5.74, 6) is 0.0664. The van der Waals surface area contributed by atoms with Gasteiger partial charge >= 0.3 is 0 Å². The molecule has 0 atom stereocenters. The van der Waals surface area contributed by atoms with Gasteiger partial charge in [-0.1, -0.05) is 22.9 Å². The van der Waals surface area contributed by atoms with Crippen LogP contribution in [-0.2, 0) is 4.79 Å². The molecule has 1 aromatic carbocycles. The van der Waals surface area contributed by atoms with Crippen LogP contribution in [0.4, 0.5) is 5.69 Å². The maximum atomic E-state index is 12.0. The van der Waals surface area contributed by atoms with Gasteiger partial charge in [0.15, 0.2) is 0 Å². The second-order valence-electron chi connectivity index (χ2n) is 5.22. The summed E-state index contributed by atoms with van der Waals surface area (Å²) in [5.41, 5.74) is 1.99. The summed E-state index contributed by atoms with van der Waals surface area (Å²) in [7, 11) is 0. The zero-order valence-electron chi connectivity index (χ0n) is 12.2. The Labute approximate surface area is 129 Å². The molecule has 1 aliphatic rings. The van der Waals surface area contributed by atoms with Gasteiger partial charge in [0.1, 0.15) is 0 Å². The van der Waals surface area contributed by atoms with Gasteiger partial charge < -0.3 is 10.2 Å². The highest BCUT2D eigenvalue weighted by molar-refractivity contribution is 9.10. The van der Waals surface area contributed by atoms with Crippen molar-refractivity contribution < 1.29 is 4.79 Å². The first-order valence-electron chi connectivity index (χ1n) is 7.09. The van der Waals surface area contributed by atoms with E-state index in [1.807, 2.05) is 25.1 Å². The number of hydrogen-bond acceptors (Lipinski definition) is 3. The van der Waals surface area contributed by atoms with Crippen molar-refractivity contribution in [1.82, 2.24) is 9.80 Å². The van der Waals surface area contributed by atoms with Crippen LogP contribution in [0.1, 0.15) is 12.5 Å². The number of benzene rings is 1. The molecule has 110 valence electrons. The molecule has 1 aliphatic heterocycles. The Bertz CT molecular complexity index is 470. The Morgan fingerprint density at radius 2 is 1.90 bits per heavy atom. The molecule has 0 spiro atoms. The molecule has 0 aromatic heterocycles. The lowest BCUT2D eigenvalue weighted by molar-refractivity contribution is -0.117. The molecule has 0 saturated carbocycles. The Hall–Kier alpha value is -0.910. The van der Waals surface area contributed by atoms with Gasteiger partial charge in [0.05, 0.1) is 6.54 Å². The Kier molecular flexibility index (Phi) is 5.57. The topological polar surface area (TPSA) is 35.6 Å². The molecule has 2 rings (SSSR count). The number of halogens is 1. The highest BCUT2D eigenvalue weighted by Crippen LogP contribution is 2.19. The van der Waals surface area contributed by atoms with Crippen LogP contribution in [0.25, 0.3) is 0 Å². The van der Waals surface area contributed by atoms with E-state index in [-0.39, 0.29) is 5.91 Å². The number of carbonyl (C=O) groups excluding carboxylic acids is 1. The minimum Gasteiger partial charge on any atom is -0.325 e. The lowest BCUT2D eigenvalue weighted by atomic mass is 10.2. The molecular weight excluding hydrogens is 318 g/mol. The highest BCUT2D eigenvalue weighted by atomic mass is 79.9. The summed E-state index contributed by atoms with van der Waals surface area (Å²) >= 11 is 3.46. The fraction of sp³-hybridized carbons (Fsp3) is 0.533. The van der Waals surface area contributed by atoms with Crippen LogP contribution in [0.15, 0.2) is 22.7 Å². The van der Waals surface area contributed by atoms with Crippen molar-refractivity contribution in [1.29, 1.82) is 0 Å². The number of hydrogen-bond donors (Lipinski definition) is 1. The predicted molar refractivity (Wildman–Crippen MR) is 86.1 cm³/mol. The molecule has 4 nitrogen and oxygen atoms in total. The molecule has 1 fully saturated rings. The van der Waals surface area contributed by atoms with Crippen LogP contribution >= 0.6 is 15.9 Å². The van der Waals surface area contributed by atoms with E-state index in [2.05, 4.69) is 38.0 Å². The van der Waals surface area contributed by atoms with Crippen molar-refractivity contribution >= 4 is 27.5 Å². The van der Waals surface area contributed by atoms with Crippen molar-refractivity contribution in [3.8, 4) is 0 Å². The molecule has 1 N–H and O–H groups in total. The van der Waals surface area contributed by atoms with Crippen molar-refractivity contribution in [3.05, 3.63) is 28.2 Å². The number of aryl methyl sites for hydroxylation is 1. The second-order valence-corrected chi connectivity index (χ2v) is 6.08. The van der Waals surface area contributed by atoms with Crippen LogP contribution in [-0.4, -0.2) is 55.0 Å². The molecule has 0 bridgehead atoms. The molecule has 5 heteroatoms. The molecule has 1 amide bonds. The minimum atomic E-state index is 0.0664. The third-order valence-electron chi connectivity index (χ3n) is 3.72. The third-order valence-corrected chi connectivity index (χ3v) is 4.61. The Morgan fingerprint density at radius 3 is 2.50 bits per heavy atom. The Balaban J connectivity index is 1.82. The maximum Gasteiger partial charge on any atom is 0.238 e. The monoisotopic (exact) mass is 339 g/mol. The number of nitrogens with one attached hydrogen (secondary N) is 1.